The minimum atomic E-state index is 0.714. The minimum Gasteiger partial charge on any atom is -0.334 e. The van der Waals surface area contributed by atoms with Crippen LogP contribution in [0.4, 0.5) is 0 Å². The maximum atomic E-state index is 4.39. The number of hydrogen-bond acceptors (Lipinski definition) is 1. The summed E-state index contributed by atoms with van der Waals surface area (Å²) >= 11 is 0. The molecule has 80 valence electrons. The fourth-order valence-electron chi connectivity index (χ4n) is 1.68. The number of nitrogens with zero attached hydrogens (tertiary/aromatic N) is 2. The number of imidazole rings is 1. The molecule has 1 heterocycles. The Morgan fingerprint density at radius 2 is 2.14 bits per heavy atom. The van der Waals surface area contributed by atoms with Gasteiger partial charge in [-0.15, -0.1) is 0 Å². The molecule has 0 radical (unpaired) electrons. The molecule has 2 nitrogen and oxygen atoms in total. The molecule has 1 aromatic rings. The van der Waals surface area contributed by atoms with Crippen LogP contribution >= 0.6 is 0 Å². The molecular formula is C12H22N2. The molecule has 0 fully saturated rings. The zero-order valence-electron chi connectivity index (χ0n) is 9.88. The monoisotopic (exact) mass is 194 g/mol. The van der Waals surface area contributed by atoms with Crippen molar-refractivity contribution in [2.75, 3.05) is 0 Å². The number of unbranched alkanes of at least 4 members (excludes halogenated alkanes) is 1. The van der Waals surface area contributed by atoms with E-state index >= 15 is 0 Å². The Morgan fingerprint density at radius 3 is 2.71 bits per heavy atom. The van der Waals surface area contributed by atoms with Crippen molar-refractivity contribution in [1.82, 2.24) is 9.55 Å². The molecule has 0 bridgehead atoms. The number of rotatable bonds is 5. The van der Waals surface area contributed by atoms with E-state index in [0.717, 1.165) is 13.0 Å². The molecule has 0 saturated carbocycles. The summed E-state index contributed by atoms with van der Waals surface area (Å²) in [4.78, 5) is 4.39. The lowest BCUT2D eigenvalue weighted by Gasteiger charge is -2.10. The molecule has 0 atom stereocenters. The molecule has 0 saturated heterocycles. The van der Waals surface area contributed by atoms with E-state index in [1.54, 1.807) is 0 Å². The summed E-state index contributed by atoms with van der Waals surface area (Å²) in [5, 5.41) is 0. The third-order valence-corrected chi connectivity index (χ3v) is 2.51. The first-order valence-corrected chi connectivity index (χ1v) is 5.65. The molecule has 2 heteroatoms. The van der Waals surface area contributed by atoms with Crippen molar-refractivity contribution in [1.29, 1.82) is 0 Å². The van der Waals surface area contributed by atoms with Gasteiger partial charge < -0.3 is 4.57 Å². The summed E-state index contributed by atoms with van der Waals surface area (Å²) in [6.07, 6.45) is 5.64. The predicted molar refractivity (Wildman–Crippen MR) is 60.4 cm³/mol. The van der Waals surface area contributed by atoms with Gasteiger partial charge in [0, 0.05) is 12.2 Å². The smallest absolute Gasteiger partial charge is 0.0951 e. The molecule has 14 heavy (non-hydrogen) atoms. The molecular weight excluding hydrogens is 172 g/mol. The Bertz CT molecular complexity index is 274. The quantitative estimate of drug-likeness (QED) is 0.704. The van der Waals surface area contributed by atoms with E-state index in [4.69, 9.17) is 0 Å². The first-order valence-electron chi connectivity index (χ1n) is 5.65. The minimum absolute atomic E-state index is 0.714. The number of hydrogen-bond donors (Lipinski definition) is 0. The Balaban J connectivity index is 2.72. The number of aromatic nitrogens is 2. The predicted octanol–water partition coefficient (Wildman–Crippen LogP) is 3.19. The van der Waals surface area contributed by atoms with Crippen molar-refractivity contribution >= 4 is 0 Å². The lowest BCUT2D eigenvalue weighted by atomic mass is 10.1. The van der Waals surface area contributed by atoms with Crippen LogP contribution in [0.2, 0.25) is 0 Å². The summed E-state index contributed by atoms with van der Waals surface area (Å²) in [5.74, 6) is 0.714. The first-order chi connectivity index (χ1) is 6.65. The highest BCUT2D eigenvalue weighted by molar-refractivity contribution is 5.11. The van der Waals surface area contributed by atoms with E-state index in [1.807, 2.05) is 6.33 Å². The lowest BCUT2D eigenvalue weighted by molar-refractivity contribution is 0.562. The van der Waals surface area contributed by atoms with Crippen molar-refractivity contribution in [3.05, 3.63) is 17.7 Å². The molecule has 0 aliphatic heterocycles. The number of aryl methyl sites for hydroxylation is 2. The molecule has 0 aliphatic rings. The van der Waals surface area contributed by atoms with Crippen LogP contribution in [-0.4, -0.2) is 9.55 Å². The summed E-state index contributed by atoms with van der Waals surface area (Å²) in [5.41, 5.74) is 2.63. The van der Waals surface area contributed by atoms with Gasteiger partial charge in [0.05, 0.1) is 12.0 Å². The highest BCUT2D eigenvalue weighted by Gasteiger charge is 2.08. The molecule has 0 N–H and O–H groups in total. The van der Waals surface area contributed by atoms with Gasteiger partial charge in [0.1, 0.15) is 0 Å². The molecule has 1 aromatic heterocycles. The zero-order chi connectivity index (χ0) is 10.6. The Hall–Kier alpha value is -0.790. The molecule has 0 spiro atoms. The zero-order valence-corrected chi connectivity index (χ0v) is 9.88. The summed E-state index contributed by atoms with van der Waals surface area (Å²) in [6.45, 7) is 9.98. The van der Waals surface area contributed by atoms with Crippen LogP contribution in [0.25, 0.3) is 0 Å². The maximum absolute atomic E-state index is 4.39. The van der Waals surface area contributed by atoms with Gasteiger partial charge in [-0.05, 0) is 25.7 Å². The van der Waals surface area contributed by atoms with Gasteiger partial charge in [0.25, 0.3) is 0 Å². The molecule has 0 aliphatic carbocycles. The summed E-state index contributed by atoms with van der Waals surface area (Å²) in [7, 11) is 0. The second-order valence-electron chi connectivity index (χ2n) is 4.42. The molecule has 0 unspecified atom stereocenters. The second-order valence-corrected chi connectivity index (χ2v) is 4.42. The van der Waals surface area contributed by atoms with Crippen molar-refractivity contribution in [3.63, 3.8) is 0 Å². The normalized spacial score (nSPS) is 11.2. The van der Waals surface area contributed by atoms with Crippen LogP contribution in [0.3, 0.4) is 0 Å². The van der Waals surface area contributed by atoms with Gasteiger partial charge in [-0.1, -0.05) is 27.2 Å². The van der Waals surface area contributed by atoms with Crippen LogP contribution in [0.5, 0.6) is 0 Å². The highest BCUT2D eigenvalue weighted by atomic mass is 15.1. The van der Waals surface area contributed by atoms with Crippen LogP contribution < -0.4 is 0 Å². The maximum Gasteiger partial charge on any atom is 0.0951 e. The van der Waals surface area contributed by atoms with Gasteiger partial charge in [-0.3, -0.25) is 0 Å². The molecule has 1 rings (SSSR count). The first kappa shape index (κ1) is 11.3. The van der Waals surface area contributed by atoms with Gasteiger partial charge in [0.2, 0.25) is 0 Å². The fourth-order valence-corrected chi connectivity index (χ4v) is 1.68. The standard InChI is InChI=1S/C12H22N2/c1-5-6-7-14-9-13-11(4)12(14)8-10(2)3/h9-10H,5-8H2,1-4H3. The average molecular weight is 194 g/mol. The van der Waals surface area contributed by atoms with E-state index in [0.29, 0.717) is 5.92 Å². The third-order valence-electron chi connectivity index (χ3n) is 2.51. The fraction of sp³-hybridized carbons (Fsp3) is 0.750. The average Bonchev–Trinajstić information content (AvgIpc) is 2.45. The van der Waals surface area contributed by atoms with Crippen molar-refractivity contribution in [3.8, 4) is 0 Å². The topological polar surface area (TPSA) is 17.8 Å². The van der Waals surface area contributed by atoms with Crippen LogP contribution in [0.1, 0.15) is 45.0 Å². The molecule has 0 amide bonds. The van der Waals surface area contributed by atoms with Gasteiger partial charge >= 0.3 is 0 Å². The highest BCUT2D eigenvalue weighted by Crippen LogP contribution is 2.13. The molecule has 0 aromatic carbocycles. The van der Waals surface area contributed by atoms with Gasteiger partial charge in [-0.25, -0.2) is 4.98 Å². The largest absolute Gasteiger partial charge is 0.334 e. The van der Waals surface area contributed by atoms with E-state index in [1.165, 1.54) is 24.2 Å². The van der Waals surface area contributed by atoms with Crippen molar-refractivity contribution in [2.45, 2.75) is 53.5 Å². The Kier molecular flexibility index (Phi) is 4.18. The summed E-state index contributed by atoms with van der Waals surface area (Å²) < 4.78 is 2.32. The third kappa shape index (κ3) is 2.86. The van der Waals surface area contributed by atoms with Crippen LogP contribution in [-0.2, 0) is 13.0 Å². The second kappa shape index (κ2) is 5.18. The van der Waals surface area contributed by atoms with E-state index in [9.17, 15) is 0 Å². The van der Waals surface area contributed by atoms with Crippen molar-refractivity contribution in [2.24, 2.45) is 5.92 Å². The van der Waals surface area contributed by atoms with E-state index in [-0.39, 0.29) is 0 Å². The Labute approximate surface area is 87.4 Å². The van der Waals surface area contributed by atoms with Gasteiger partial charge in [0.15, 0.2) is 0 Å². The van der Waals surface area contributed by atoms with E-state index < -0.39 is 0 Å². The van der Waals surface area contributed by atoms with Crippen molar-refractivity contribution < 1.29 is 0 Å². The summed E-state index contributed by atoms with van der Waals surface area (Å²) in [6, 6.07) is 0. The van der Waals surface area contributed by atoms with Crippen LogP contribution in [0.15, 0.2) is 6.33 Å². The van der Waals surface area contributed by atoms with Crippen LogP contribution in [0, 0.1) is 12.8 Å². The van der Waals surface area contributed by atoms with Gasteiger partial charge in [-0.2, -0.15) is 0 Å². The lowest BCUT2D eigenvalue weighted by Crippen LogP contribution is -2.06. The Morgan fingerprint density at radius 1 is 1.43 bits per heavy atom. The van der Waals surface area contributed by atoms with E-state index in [2.05, 4.69) is 37.2 Å². The SMILES string of the molecule is CCCCn1cnc(C)c1CC(C)C.